The molecule has 0 bridgehead atoms. The molecule has 1 aromatic heterocycles. The Morgan fingerprint density at radius 3 is 2.41 bits per heavy atom. The number of hydrogen-bond acceptors (Lipinski definition) is 3. The molecule has 114 valence electrons. The second kappa shape index (κ2) is 6.56. The van der Waals surface area contributed by atoms with E-state index in [4.69, 9.17) is 0 Å². The van der Waals surface area contributed by atoms with Crippen LogP contribution in [0.5, 0.6) is 0 Å². The van der Waals surface area contributed by atoms with E-state index in [2.05, 4.69) is 15.2 Å². The zero-order chi connectivity index (χ0) is 15.4. The van der Waals surface area contributed by atoms with Gasteiger partial charge in [0.05, 0.1) is 11.9 Å². The minimum absolute atomic E-state index is 0.271. The second-order valence-corrected chi connectivity index (χ2v) is 5.41. The van der Waals surface area contributed by atoms with Gasteiger partial charge in [-0.15, -0.1) is 0 Å². The summed E-state index contributed by atoms with van der Waals surface area (Å²) in [5, 5.41) is 2.77. The molecule has 1 fully saturated rings. The summed E-state index contributed by atoms with van der Waals surface area (Å²) >= 11 is 0. The van der Waals surface area contributed by atoms with E-state index in [0.29, 0.717) is 11.3 Å². The Morgan fingerprint density at radius 2 is 1.77 bits per heavy atom. The third-order valence-electron chi connectivity index (χ3n) is 3.79. The molecule has 5 heteroatoms. The van der Waals surface area contributed by atoms with E-state index < -0.39 is 0 Å². The van der Waals surface area contributed by atoms with E-state index in [1.165, 1.54) is 43.5 Å². The quantitative estimate of drug-likeness (QED) is 0.944. The molecule has 4 nitrogen and oxygen atoms in total. The predicted molar refractivity (Wildman–Crippen MR) is 84.7 cm³/mol. The van der Waals surface area contributed by atoms with E-state index >= 15 is 0 Å². The van der Waals surface area contributed by atoms with Crippen molar-refractivity contribution >= 4 is 17.4 Å². The van der Waals surface area contributed by atoms with Crippen molar-refractivity contribution in [2.75, 3.05) is 23.3 Å². The fraction of sp³-hybridized carbons (Fsp3) is 0.294. The van der Waals surface area contributed by atoms with Gasteiger partial charge in [0.2, 0.25) is 0 Å². The first-order valence-electron chi connectivity index (χ1n) is 7.50. The van der Waals surface area contributed by atoms with Gasteiger partial charge in [-0.25, -0.2) is 9.37 Å². The number of benzene rings is 1. The number of halogens is 1. The highest BCUT2D eigenvalue weighted by molar-refractivity contribution is 6.04. The average Bonchev–Trinajstić information content (AvgIpc) is 2.57. The minimum atomic E-state index is -0.357. The van der Waals surface area contributed by atoms with Crippen molar-refractivity contribution in [2.45, 2.75) is 19.3 Å². The summed E-state index contributed by atoms with van der Waals surface area (Å²) in [6, 6.07) is 9.23. The van der Waals surface area contributed by atoms with Gasteiger partial charge in [0.15, 0.2) is 0 Å². The zero-order valence-electron chi connectivity index (χ0n) is 12.3. The zero-order valence-corrected chi connectivity index (χ0v) is 12.3. The summed E-state index contributed by atoms with van der Waals surface area (Å²) in [6.45, 7) is 2.07. The molecule has 1 aliphatic heterocycles. The molecule has 0 spiro atoms. The molecule has 1 saturated heterocycles. The van der Waals surface area contributed by atoms with E-state index in [1.54, 1.807) is 6.20 Å². The lowest BCUT2D eigenvalue weighted by atomic mass is 10.1. The van der Waals surface area contributed by atoms with Gasteiger partial charge in [-0.05, 0) is 55.7 Å². The van der Waals surface area contributed by atoms with Gasteiger partial charge in [-0.2, -0.15) is 0 Å². The standard InChI is InChI=1S/C17H18FN3O/c18-14-6-4-13(5-7-14)17(22)20-15-8-9-16(19-12-15)21-10-2-1-3-11-21/h4-9,12H,1-3,10-11H2,(H,20,22). The van der Waals surface area contributed by atoms with Gasteiger partial charge in [0, 0.05) is 18.7 Å². The molecule has 3 rings (SSSR count). The molecule has 1 aromatic carbocycles. The largest absolute Gasteiger partial charge is 0.357 e. The number of anilines is 2. The average molecular weight is 299 g/mol. The summed E-state index contributed by atoms with van der Waals surface area (Å²) < 4.78 is 12.9. The number of nitrogens with zero attached hydrogens (tertiary/aromatic N) is 2. The predicted octanol–water partition coefficient (Wildman–Crippen LogP) is 3.46. The normalized spacial score (nSPS) is 14.7. The van der Waals surface area contributed by atoms with Crippen molar-refractivity contribution in [1.82, 2.24) is 4.98 Å². The lowest BCUT2D eigenvalue weighted by Crippen LogP contribution is -2.30. The highest BCUT2D eigenvalue weighted by Crippen LogP contribution is 2.19. The molecule has 22 heavy (non-hydrogen) atoms. The first kappa shape index (κ1) is 14.5. The molecular formula is C17H18FN3O. The number of carbonyl (C=O) groups excluding carboxylic acids is 1. The molecular weight excluding hydrogens is 281 g/mol. The Bertz CT molecular complexity index is 634. The number of hydrogen-bond donors (Lipinski definition) is 1. The van der Waals surface area contributed by atoms with E-state index in [9.17, 15) is 9.18 Å². The van der Waals surface area contributed by atoms with Crippen molar-refractivity contribution < 1.29 is 9.18 Å². The number of rotatable bonds is 3. The van der Waals surface area contributed by atoms with Crippen LogP contribution < -0.4 is 10.2 Å². The summed E-state index contributed by atoms with van der Waals surface area (Å²) in [5.74, 6) is 0.316. The summed E-state index contributed by atoms with van der Waals surface area (Å²) in [4.78, 5) is 18.7. The van der Waals surface area contributed by atoms with Crippen LogP contribution in [-0.4, -0.2) is 24.0 Å². The highest BCUT2D eigenvalue weighted by atomic mass is 19.1. The van der Waals surface area contributed by atoms with Gasteiger partial charge in [-0.1, -0.05) is 0 Å². The lowest BCUT2D eigenvalue weighted by molar-refractivity contribution is 0.102. The smallest absolute Gasteiger partial charge is 0.255 e. The molecule has 1 N–H and O–H groups in total. The molecule has 2 heterocycles. The van der Waals surface area contributed by atoms with Gasteiger partial charge < -0.3 is 10.2 Å². The van der Waals surface area contributed by atoms with E-state index in [1.807, 2.05) is 12.1 Å². The van der Waals surface area contributed by atoms with Gasteiger partial charge in [0.25, 0.3) is 5.91 Å². The first-order valence-corrected chi connectivity index (χ1v) is 7.50. The van der Waals surface area contributed by atoms with Crippen LogP contribution in [0.2, 0.25) is 0 Å². The Kier molecular flexibility index (Phi) is 4.32. The third kappa shape index (κ3) is 3.42. The molecule has 1 aliphatic rings. The SMILES string of the molecule is O=C(Nc1ccc(N2CCCCC2)nc1)c1ccc(F)cc1. The molecule has 0 saturated carbocycles. The van der Waals surface area contributed by atoms with Crippen LogP contribution >= 0.6 is 0 Å². The van der Waals surface area contributed by atoms with Gasteiger partial charge >= 0.3 is 0 Å². The molecule has 0 atom stereocenters. The van der Waals surface area contributed by atoms with Crippen LogP contribution in [0.15, 0.2) is 42.6 Å². The Hall–Kier alpha value is -2.43. The fourth-order valence-electron chi connectivity index (χ4n) is 2.57. The van der Waals surface area contributed by atoms with Crippen molar-refractivity contribution in [3.63, 3.8) is 0 Å². The fourth-order valence-corrected chi connectivity index (χ4v) is 2.57. The van der Waals surface area contributed by atoms with Crippen molar-refractivity contribution in [3.05, 3.63) is 54.0 Å². The summed E-state index contributed by atoms with van der Waals surface area (Å²) in [7, 11) is 0. The number of nitrogens with one attached hydrogen (secondary N) is 1. The maximum absolute atomic E-state index is 12.9. The molecule has 1 amide bonds. The van der Waals surface area contributed by atoms with Crippen molar-refractivity contribution in [1.29, 1.82) is 0 Å². The van der Waals surface area contributed by atoms with Crippen LogP contribution in [-0.2, 0) is 0 Å². The van der Waals surface area contributed by atoms with Gasteiger partial charge in [0.1, 0.15) is 11.6 Å². The number of carbonyl (C=O) groups is 1. The molecule has 0 unspecified atom stereocenters. The topological polar surface area (TPSA) is 45.2 Å². The lowest BCUT2D eigenvalue weighted by Gasteiger charge is -2.27. The second-order valence-electron chi connectivity index (χ2n) is 5.41. The monoisotopic (exact) mass is 299 g/mol. The molecule has 0 aliphatic carbocycles. The van der Waals surface area contributed by atoms with Crippen molar-refractivity contribution in [2.24, 2.45) is 0 Å². The maximum Gasteiger partial charge on any atom is 0.255 e. The number of pyridine rings is 1. The number of aromatic nitrogens is 1. The van der Waals surface area contributed by atoms with Crippen molar-refractivity contribution in [3.8, 4) is 0 Å². The van der Waals surface area contributed by atoms with Crippen LogP contribution in [0.1, 0.15) is 29.6 Å². The van der Waals surface area contributed by atoms with Crippen LogP contribution in [0.3, 0.4) is 0 Å². The highest BCUT2D eigenvalue weighted by Gasteiger charge is 2.12. The Balaban J connectivity index is 1.65. The Labute approximate surface area is 129 Å². The first-order chi connectivity index (χ1) is 10.7. The molecule has 0 radical (unpaired) electrons. The Morgan fingerprint density at radius 1 is 1.05 bits per heavy atom. The number of amides is 1. The van der Waals surface area contributed by atoms with E-state index in [0.717, 1.165) is 18.9 Å². The van der Waals surface area contributed by atoms with Gasteiger partial charge in [-0.3, -0.25) is 4.79 Å². The summed E-state index contributed by atoms with van der Waals surface area (Å²) in [5.41, 5.74) is 1.05. The number of piperidine rings is 1. The summed E-state index contributed by atoms with van der Waals surface area (Å²) in [6.07, 6.45) is 5.34. The van der Waals surface area contributed by atoms with Crippen LogP contribution in [0.4, 0.5) is 15.9 Å². The minimum Gasteiger partial charge on any atom is -0.357 e. The van der Waals surface area contributed by atoms with E-state index in [-0.39, 0.29) is 11.7 Å². The van der Waals surface area contributed by atoms with Crippen LogP contribution in [0, 0.1) is 5.82 Å². The maximum atomic E-state index is 12.9. The molecule has 2 aromatic rings. The third-order valence-corrected chi connectivity index (χ3v) is 3.79. The van der Waals surface area contributed by atoms with Crippen LogP contribution in [0.25, 0.3) is 0 Å².